The molecule has 9 nitrogen and oxygen atoms in total. The van der Waals surface area contributed by atoms with Gasteiger partial charge in [0.25, 0.3) is 11.5 Å². The van der Waals surface area contributed by atoms with Crippen LogP contribution >= 0.6 is 15.9 Å². The molecule has 0 atom stereocenters. The van der Waals surface area contributed by atoms with Crippen molar-refractivity contribution in [2.75, 3.05) is 26.1 Å². The van der Waals surface area contributed by atoms with Crippen molar-refractivity contribution < 1.29 is 23.4 Å². The lowest BCUT2D eigenvalue weighted by molar-refractivity contribution is -0.118. The number of aromatic nitrogens is 2. The van der Waals surface area contributed by atoms with Crippen molar-refractivity contribution in [1.82, 2.24) is 9.66 Å². The molecule has 0 aliphatic heterocycles. The predicted octanol–water partition coefficient (Wildman–Crippen LogP) is 4.52. The van der Waals surface area contributed by atoms with Gasteiger partial charge < -0.3 is 19.5 Å². The van der Waals surface area contributed by atoms with Crippen molar-refractivity contribution in [3.05, 3.63) is 86.6 Å². The van der Waals surface area contributed by atoms with Gasteiger partial charge in [0.2, 0.25) is 5.75 Å². The number of halogens is 2. The van der Waals surface area contributed by atoms with E-state index in [1.165, 1.54) is 49.4 Å². The Morgan fingerprint density at radius 1 is 1.11 bits per heavy atom. The number of nitrogens with one attached hydrogen (secondary N) is 1. The molecule has 0 spiro atoms. The lowest BCUT2D eigenvalue weighted by Gasteiger charge is -2.15. The lowest BCUT2D eigenvalue weighted by Crippen LogP contribution is -2.21. The van der Waals surface area contributed by atoms with E-state index < -0.39 is 11.7 Å². The summed E-state index contributed by atoms with van der Waals surface area (Å²) in [5.41, 5.74) is 1.25. The molecule has 37 heavy (non-hydrogen) atoms. The molecule has 0 saturated carbocycles. The summed E-state index contributed by atoms with van der Waals surface area (Å²) in [6.45, 7) is 1.35. The summed E-state index contributed by atoms with van der Waals surface area (Å²) in [6.07, 6.45) is 1.47. The molecule has 1 amide bonds. The molecule has 0 fully saturated rings. The van der Waals surface area contributed by atoms with Gasteiger partial charge >= 0.3 is 0 Å². The standard InChI is InChI=1S/C26H22BrFN4O5/c1-15-30-21-9-4-17(27)12-20(21)26(34)32(15)29-13-16-10-22(35-2)25(23(11-16)36-3)37-14-24(33)31-19-7-5-18(28)6-8-19/h4-13H,14H2,1-3H3,(H,31,33). The minimum Gasteiger partial charge on any atom is -0.493 e. The third kappa shape index (κ3) is 5.95. The number of hydrogen-bond donors (Lipinski definition) is 1. The first-order valence-electron chi connectivity index (χ1n) is 11.0. The summed E-state index contributed by atoms with van der Waals surface area (Å²) in [7, 11) is 2.89. The van der Waals surface area contributed by atoms with Crippen molar-refractivity contribution in [3.8, 4) is 17.2 Å². The van der Waals surface area contributed by atoms with E-state index in [1.54, 1.807) is 31.2 Å². The molecule has 4 aromatic rings. The van der Waals surface area contributed by atoms with Crippen LogP contribution in [-0.2, 0) is 4.79 Å². The number of carbonyl (C=O) groups is 1. The first-order valence-corrected chi connectivity index (χ1v) is 11.8. The van der Waals surface area contributed by atoms with Crippen molar-refractivity contribution >= 4 is 44.6 Å². The molecule has 0 saturated heterocycles. The number of benzene rings is 3. The number of rotatable bonds is 8. The molecule has 0 unspecified atom stereocenters. The molecule has 3 aromatic carbocycles. The maximum absolute atomic E-state index is 13.1. The Kier molecular flexibility index (Phi) is 7.83. The third-order valence-corrected chi connectivity index (χ3v) is 5.74. The molecule has 1 aromatic heterocycles. The highest BCUT2D eigenvalue weighted by Gasteiger charge is 2.16. The van der Waals surface area contributed by atoms with E-state index in [4.69, 9.17) is 14.2 Å². The molecule has 1 heterocycles. The first kappa shape index (κ1) is 25.8. The maximum atomic E-state index is 13.1. The van der Waals surface area contributed by atoms with Crippen LogP contribution < -0.4 is 25.1 Å². The number of amides is 1. The van der Waals surface area contributed by atoms with Gasteiger partial charge in [0, 0.05) is 15.7 Å². The van der Waals surface area contributed by atoms with Crippen LogP contribution in [-0.4, -0.2) is 42.6 Å². The average molecular weight is 569 g/mol. The second-order valence-electron chi connectivity index (χ2n) is 7.78. The van der Waals surface area contributed by atoms with E-state index in [0.29, 0.717) is 39.5 Å². The first-order chi connectivity index (χ1) is 17.8. The van der Waals surface area contributed by atoms with E-state index in [1.807, 2.05) is 6.07 Å². The fraction of sp³-hybridized carbons (Fsp3) is 0.154. The minimum atomic E-state index is -0.452. The van der Waals surface area contributed by atoms with E-state index in [0.717, 1.165) is 4.47 Å². The predicted molar refractivity (Wildman–Crippen MR) is 142 cm³/mol. The van der Waals surface area contributed by atoms with Crippen LogP contribution in [0.15, 0.2) is 69.0 Å². The fourth-order valence-corrected chi connectivity index (χ4v) is 3.87. The smallest absolute Gasteiger partial charge is 0.282 e. The van der Waals surface area contributed by atoms with Crippen molar-refractivity contribution in [3.63, 3.8) is 0 Å². The zero-order valence-electron chi connectivity index (χ0n) is 20.1. The Morgan fingerprint density at radius 2 is 1.78 bits per heavy atom. The highest BCUT2D eigenvalue weighted by Crippen LogP contribution is 2.38. The highest BCUT2D eigenvalue weighted by atomic mass is 79.9. The largest absolute Gasteiger partial charge is 0.493 e. The van der Waals surface area contributed by atoms with Gasteiger partial charge in [0.1, 0.15) is 11.6 Å². The van der Waals surface area contributed by atoms with Crippen LogP contribution in [0.5, 0.6) is 17.2 Å². The zero-order chi connectivity index (χ0) is 26.5. The topological polar surface area (TPSA) is 104 Å². The monoisotopic (exact) mass is 568 g/mol. The van der Waals surface area contributed by atoms with Crippen LogP contribution in [0.4, 0.5) is 10.1 Å². The fourth-order valence-electron chi connectivity index (χ4n) is 3.51. The molecule has 11 heteroatoms. The number of hydrogen-bond acceptors (Lipinski definition) is 7. The quantitative estimate of drug-likeness (QED) is 0.313. The van der Waals surface area contributed by atoms with Gasteiger partial charge in [-0.25, -0.2) is 9.37 Å². The summed E-state index contributed by atoms with van der Waals surface area (Å²) in [5.74, 6) is 0.355. The van der Waals surface area contributed by atoms with Gasteiger partial charge in [-0.2, -0.15) is 9.78 Å². The van der Waals surface area contributed by atoms with Crippen molar-refractivity contribution in [2.24, 2.45) is 5.10 Å². The minimum absolute atomic E-state index is 0.210. The number of methoxy groups -OCH3 is 2. The van der Waals surface area contributed by atoms with Gasteiger partial charge in [-0.1, -0.05) is 15.9 Å². The second-order valence-corrected chi connectivity index (χ2v) is 8.70. The summed E-state index contributed by atoms with van der Waals surface area (Å²) in [5, 5.41) is 7.36. The summed E-state index contributed by atoms with van der Waals surface area (Å²) < 4.78 is 31.6. The van der Waals surface area contributed by atoms with Crippen molar-refractivity contribution in [2.45, 2.75) is 6.92 Å². The number of carbonyl (C=O) groups excluding carboxylic acids is 1. The summed E-state index contributed by atoms with van der Waals surface area (Å²) >= 11 is 3.37. The summed E-state index contributed by atoms with van der Waals surface area (Å²) in [6, 6.07) is 13.9. The maximum Gasteiger partial charge on any atom is 0.282 e. The molecular weight excluding hydrogens is 547 g/mol. The third-order valence-electron chi connectivity index (χ3n) is 5.25. The zero-order valence-corrected chi connectivity index (χ0v) is 21.7. The average Bonchev–Trinajstić information content (AvgIpc) is 2.89. The molecule has 1 N–H and O–H groups in total. The van der Waals surface area contributed by atoms with Crippen LogP contribution in [0.25, 0.3) is 10.9 Å². The Hall–Kier alpha value is -4.25. The SMILES string of the molecule is COc1cc(C=Nn2c(C)nc3ccc(Br)cc3c2=O)cc(OC)c1OCC(=O)Nc1ccc(F)cc1. The number of fused-ring (bicyclic) bond motifs is 1. The molecular formula is C26H22BrFN4O5. The van der Waals surface area contributed by atoms with E-state index in [2.05, 4.69) is 31.3 Å². The van der Waals surface area contributed by atoms with E-state index >= 15 is 0 Å². The van der Waals surface area contributed by atoms with Crippen LogP contribution in [0.2, 0.25) is 0 Å². The summed E-state index contributed by atoms with van der Waals surface area (Å²) in [4.78, 5) is 29.7. The van der Waals surface area contributed by atoms with Crippen molar-refractivity contribution in [1.29, 1.82) is 0 Å². The van der Waals surface area contributed by atoms with Crippen LogP contribution in [0.3, 0.4) is 0 Å². The Labute approximate surface area is 219 Å². The van der Waals surface area contributed by atoms with Gasteiger partial charge in [-0.05, 0) is 61.5 Å². The normalized spacial score (nSPS) is 11.1. The number of nitrogens with zero attached hydrogens (tertiary/aromatic N) is 3. The Bertz CT molecular complexity index is 1530. The molecule has 0 aliphatic rings. The number of anilines is 1. The molecule has 0 aliphatic carbocycles. The number of ether oxygens (including phenoxy) is 3. The molecule has 0 radical (unpaired) electrons. The Morgan fingerprint density at radius 3 is 2.43 bits per heavy atom. The van der Waals surface area contributed by atoms with Crippen LogP contribution in [0, 0.1) is 12.7 Å². The van der Waals surface area contributed by atoms with E-state index in [-0.39, 0.29) is 17.9 Å². The van der Waals surface area contributed by atoms with Gasteiger partial charge in [-0.15, -0.1) is 0 Å². The number of aryl methyl sites for hydroxylation is 1. The van der Waals surface area contributed by atoms with Gasteiger partial charge in [0.05, 0.1) is 31.3 Å². The van der Waals surface area contributed by atoms with Crippen LogP contribution in [0.1, 0.15) is 11.4 Å². The molecule has 190 valence electrons. The highest BCUT2D eigenvalue weighted by molar-refractivity contribution is 9.10. The molecule has 0 bridgehead atoms. The van der Waals surface area contributed by atoms with Gasteiger partial charge in [0.15, 0.2) is 18.1 Å². The molecule has 4 rings (SSSR count). The second kappa shape index (κ2) is 11.2. The van der Waals surface area contributed by atoms with Gasteiger partial charge in [-0.3, -0.25) is 9.59 Å². The Balaban J connectivity index is 1.57. The lowest BCUT2D eigenvalue weighted by atomic mass is 10.2. The van der Waals surface area contributed by atoms with E-state index in [9.17, 15) is 14.0 Å².